The van der Waals surface area contributed by atoms with E-state index in [1.807, 2.05) is 6.07 Å². The van der Waals surface area contributed by atoms with E-state index < -0.39 is 6.10 Å². The first-order valence-electron chi connectivity index (χ1n) is 6.21. The van der Waals surface area contributed by atoms with E-state index in [1.165, 1.54) is 6.07 Å². The minimum atomic E-state index is -0.637. The first-order valence-corrected chi connectivity index (χ1v) is 6.59. The molecular weight excluding hydrogens is 280 g/mol. The highest BCUT2D eigenvalue weighted by Crippen LogP contribution is 2.22. The first-order chi connectivity index (χ1) is 9.58. The number of methoxy groups -OCH3 is 1. The molecule has 1 aromatic rings. The number of carbonyl (C=O) groups is 1. The molecule has 0 aliphatic carbocycles. The molecule has 1 amide bonds. The highest BCUT2D eigenvalue weighted by atomic mass is 35.5. The Kier molecular flexibility index (Phi) is 6.85. The minimum Gasteiger partial charge on any atom is -0.481 e. The summed E-state index contributed by atoms with van der Waals surface area (Å²) in [4.78, 5) is 11.8. The fourth-order valence-corrected chi connectivity index (χ4v) is 1.70. The van der Waals surface area contributed by atoms with Gasteiger partial charge >= 0.3 is 0 Å². The van der Waals surface area contributed by atoms with Gasteiger partial charge in [-0.05, 0) is 25.5 Å². The van der Waals surface area contributed by atoms with Gasteiger partial charge in [0, 0.05) is 26.3 Å². The van der Waals surface area contributed by atoms with Crippen LogP contribution in [0, 0.1) is 11.3 Å². The molecule has 1 N–H and O–H groups in total. The molecule has 1 unspecified atom stereocenters. The molecule has 20 heavy (non-hydrogen) atoms. The van der Waals surface area contributed by atoms with Crippen LogP contribution < -0.4 is 10.1 Å². The van der Waals surface area contributed by atoms with E-state index in [2.05, 4.69) is 5.32 Å². The summed E-state index contributed by atoms with van der Waals surface area (Å²) < 4.78 is 10.4. The Morgan fingerprint density at radius 1 is 1.55 bits per heavy atom. The van der Waals surface area contributed by atoms with Gasteiger partial charge in [-0.3, -0.25) is 4.79 Å². The summed E-state index contributed by atoms with van der Waals surface area (Å²) in [6.07, 6.45) is 0.110. The number of carbonyl (C=O) groups excluding carboxylic acids is 1. The third-order valence-corrected chi connectivity index (χ3v) is 2.88. The van der Waals surface area contributed by atoms with Gasteiger partial charge in [-0.1, -0.05) is 11.6 Å². The van der Waals surface area contributed by atoms with Crippen LogP contribution in [-0.4, -0.2) is 32.3 Å². The van der Waals surface area contributed by atoms with Crippen LogP contribution >= 0.6 is 11.6 Å². The molecule has 0 heterocycles. The number of ether oxygens (including phenoxy) is 2. The zero-order valence-electron chi connectivity index (χ0n) is 11.5. The van der Waals surface area contributed by atoms with Crippen molar-refractivity contribution in [1.82, 2.24) is 5.32 Å². The second kappa shape index (κ2) is 8.41. The van der Waals surface area contributed by atoms with Crippen molar-refractivity contribution in [3.63, 3.8) is 0 Å². The molecule has 6 heteroatoms. The van der Waals surface area contributed by atoms with Gasteiger partial charge in [0.05, 0.1) is 10.6 Å². The molecule has 0 aliphatic heterocycles. The Morgan fingerprint density at radius 3 is 2.90 bits per heavy atom. The Bertz CT molecular complexity index is 500. The number of amides is 1. The fourth-order valence-electron chi connectivity index (χ4n) is 1.49. The van der Waals surface area contributed by atoms with Crippen LogP contribution in [0.25, 0.3) is 0 Å². The Balaban J connectivity index is 2.49. The minimum absolute atomic E-state index is 0.207. The van der Waals surface area contributed by atoms with Crippen molar-refractivity contribution in [1.29, 1.82) is 5.26 Å². The topological polar surface area (TPSA) is 71.3 Å². The molecule has 108 valence electrons. The van der Waals surface area contributed by atoms with Crippen LogP contribution in [0.4, 0.5) is 0 Å². The molecule has 0 fully saturated rings. The Labute approximate surface area is 123 Å². The van der Waals surface area contributed by atoms with Crippen LogP contribution in [0.2, 0.25) is 5.02 Å². The van der Waals surface area contributed by atoms with E-state index in [-0.39, 0.29) is 5.91 Å². The zero-order chi connectivity index (χ0) is 15.0. The fraction of sp³-hybridized carbons (Fsp3) is 0.429. The van der Waals surface area contributed by atoms with Crippen molar-refractivity contribution < 1.29 is 14.3 Å². The van der Waals surface area contributed by atoms with Crippen molar-refractivity contribution in [2.75, 3.05) is 20.3 Å². The summed E-state index contributed by atoms with van der Waals surface area (Å²) in [5, 5.41) is 11.8. The summed E-state index contributed by atoms with van der Waals surface area (Å²) >= 11 is 5.89. The monoisotopic (exact) mass is 296 g/mol. The largest absolute Gasteiger partial charge is 0.481 e. The molecule has 0 radical (unpaired) electrons. The molecule has 0 saturated carbocycles. The zero-order valence-corrected chi connectivity index (χ0v) is 12.2. The molecule has 0 aromatic heterocycles. The normalized spacial score (nSPS) is 11.5. The molecule has 1 atom stereocenters. The highest BCUT2D eigenvalue weighted by Gasteiger charge is 2.14. The molecule has 1 aromatic carbocycles. The van der Waals surface area contributed by atoms with E-state index in [0.717, 1.165) is 6.42 Å². The van der Waals surface area contributed by atoms with Gasteiger partial charge < -0.3 is 14.8 Å². The molecular formula is C14H17ClN2O3. The highest BCUT2D eigenvalue weighted by molar-refractivity contribution is 6.31. The molecule has 0 bridgehead atoms. The number of nitrogens with one attached hydrogen (secondary N) is 1. The van der Waals surface area contributed by atoms with E-state index in [9.17, 15) is 4.79 Å². The maximum absolute atomic E-state index is 11.8. The van der Waals surface area contributed by atoms with Crippen molar-refractivity contribution in [2.45, 2.75) is 19.4 Å². The number of hydrogen-bond donors (Lipinski definition) is 1. The SMILES string of the molecule is COCCCNC(=O)C(C)Oc1ccc(C#N)c(Cl)c1. The third-order valence-electron chi connectivity index (χ3n) is 2.57. The number of rotatable bonds is 7. The lowest BCUT2D eigenvalue weighted by molar-refractivity contribution is -0.127. The first kappa shape index (κ1) is 16.3. The van der Waals surface area contributed by atoms with E-state index in [0.29, 0.717) is 29.5 Å². The predicted octanol–water partition coefficient (Wildman–Crippen LogP) is 2.13. The van der Waals surface area contributed by atoms with Crippen molar-refractivity contribution in [2.24, 2.45) is 0 Å². The van der Waals surface area contributed by atoms with Crippen molar-refractivity contribution >= 4 is 17.5 Å². The van der Waals surface area contributed by atoms with Gasteiger partial charge in [0.25, 0.3) is 5.91 Å². The molecule has 5 nitrogen and oxygen atoms in total. The summed E-state index contributed by atoms with van der Waals surface area (Å²) in [6.45, 7) is 2.78. The van der Waals surface area contributed by atoms with Gasteiger partial charge in [0.2, 0.25) is 0 Å². The third kappa shape index (κ3) is 5.08. The molecule has 0 spiro atoms. The van der Waals surface area contributed by atoms with Crippen LogP contribution in [0.1, 0.15) is 18.9 Å². The Morgan fingerprint density at radius 2 is 2.30 bits per heavy atom. The quantitative estimate of drug-likeness (QED) is 0.783. The van der Waals surface area contributed by atoms with Gasteiger partial charge in [0.1, 0.15) is 11.8 Å². The van der Waals surface area contributed by atoms with Gasteiger partial charge in [-0.25, -0.2) is 0 Å². The molecule has 0 aliphatic rings. The number of halogens is 1. The Hall–Kier alpha value is -1.77. The van der Waals surface area contributed by atoms with Crippen LogP contribution in [0.15, 0.2) is 18.2 Å². The number of nitrogens with zero attached hydrogens (tertiary/aromatic N) is 1. The molecule has 1 rings (SSSR count). The summed E-state index contributed by atoms with van der Waals surface area (Å²) in [7, 11) is 1.61. The van der Waals surface area contributed by atoms with Crippen LogP contribution in [0.5, 0.6) is 5.75 Å². The van der Waals surface area contributed by atoms with Gasteiger partial charge in [-0.2, -0.15) is 5.26 Å². The smallest absolute Gasteiger partial charge is 0.260 e. The van der Waals surface area contributed by atoms with E-state index in [1.54, 1.807) is 26.2 Å². The lowest BCUT2D eigenvalue weighted by Gasteiger charge is -2.15. The second-order valence-electron chi connectivity index (χ2n) is 4.15. The van der Waals surface area contributed by atoms with Gasteiger partial charge in [-0.15, -0.1) is 0 Å². The maximum Gasteiger partial charge on any atom is 0.260 e. The second-order valence-corrected chi connectivity index (χ2v) is 4.56. The lowest BCUT2D eigenvalue weighted by Crippen LogP contribution is -2.37. The molecule has 0 saturated heterocycles. The maximum atomic E-state index is 11.8. The summed E-state index contributed by atoms with van der Waals surface area (Å²) in [5.41, 5.74) is 0.371. The van der Waals surface area contributed by atoms with E-state index in [4.69, 9.17) is 26.3 Å². The number of nitriles is 1. The average Bonchev–Trinajstić information content (AvgIpc) is 2.43. The van der Waals surface area contributed by atoms with E-state index >= 15 is 0 Å². The predicted molar refractivity (Wildman–Crippen MR) is 75.8 cm³/mol. The summed E-state index contributed by atoms with van der Waals surface area (Å²) in [6, 6.07) is 6.65. The van der Waals surface area contributed by atoms with Gasteiger partial charge in [0.15, 0.2) is 6.10 Å². The number of hydrogen-bond acceptors (Lipinski definition) is 4. The lowest BCUT2D eigenvalue weighted by atomic mass is 10.2. The van der Waals surface area contributed by atoms with Crippen LogP contribution in [-0.2, 0) is 9.53 Å². The van der Waals surface area contributed by atoms with Crippen LogP contribution in [0.3, 0.4) is 0 Å². The van der Waals surface area contributed by atoms with Crippen molar-refractivity contribution in [3.8, 4) is 11.8 Å². The number of benzene rings is 1. The summed E-state index contributed by atoms with van der Waals surface area (Å²) in [5.74, 6) is 0.245. The van der Waals surface area contributed by atoms with Crippen molar-refractivity contribution in [3.05, 3.63) is 28.8 Å². The average molecular weight is 297 g/mol. The standard InChI is InChI=1S/C14H17ClN2O3/c1-10(14(18)17-6-3-7-19-2)20-12-5-4-11(9-16)13(15)8-12/h4-5,8,10H,3,6-7H2,1-2H3,(H,17,18).